The van der Waals surface area contributed by atoms with Gasteiger partial charge in [-0.2, -0.15) is 0 Å². The number of hydrogen-bond donors (Lipinski definition) is 3. The van der Waals surface area contributed by atoms with Crippen LogP contribution in [0, 0.1) is 12.3 Å². The number of nitrogens with two attached hydrogens (primary N) is 1. The topological polar surface area (TPSA) is 80.0 Å². The summed E-state index contributed by atoms with van der Waals surface area (Å²) in [6.45, 7) is 4.14. The van der Waals surface area contributed by atoms with E-state index in [9.17, 15) is 4.79 Å². The number of aromatic nitrogens is 1. The molecule has 0 atom stereocenters. The second-order valence-corrected chi connectivity index (χ2v) is 6.79. The molecule has 0 unspecified atom stereocenters. The van der Waals surface area contributed by atoms with Crippen LogP contribution in [0.5, 0.6) is 0 Å². The lowest BCUT2D eigenvalue weighted by atomic mass is 9.71. The quantitative estimate of drug-likeness (QED) is 0.644. The smallest absolute Gasteiger partial charge is 0.220 e. The first kappa shape index (κ1) is 17.7. The summed E-state index contributed by atoms with van der Waals surface area (Å²) in [6.07, 6.45) is 9.20. The number of nitrogens with zero attached hydrogens (tertiary/aromatic N) is 1. The summed E-state index contributed by atoms with van der Waals surface area (Å²) < 4.78 is 0. The molecule has 1 aromatic heterocycles. The predicted molar refractivity (Wildman–Crippen MR) is 94.3 cm³/mol. The van der Waals surface area contributed by atoms with E-state index in [1.165, 1.54) is 19.3 Å². The molecule has 0 radical (unpaired) electrons. The van der Waals surface area contributed by atoms with Crippen molar-refractivity contribution < 1.29 is 4.79 Å². The van der Waals surface area contributed by atoms with E-state index in [2.05, 4.69) is 15.6 Å². The van der Waals surface area contributed by atoms with Gasteiger partial charge in [0.2, 0.25) is 5.91 Å². The third-order valence-electron chi connectivity index (χ3n) is 4.78. The maximum atomic E-state index is 12.1. The Hall–Kier alpha value is -1.62. The number of aryl methyl sites for hydroxylation is 1. The Morgan fingerprint density at radius 2 is 2.04 bits per heavy atom. The van der Waals surface area contributed by atoms with E-state index in [4.69, 9.17) is 5.73 Å². The highest BCUT2D eigenvalue weighted by molar-refractivity contribution is 5.76. The molecule has 0 aliphatic heterocycles. The zero-order valence-electron chi connectivity index (χ0n) is 14.2. The molecule has 4 N–H and O–H groups in total. The molecule has 0 saturated heterocycles. The number of pyridine rings is 1. The molecule has 128 valence electrons. The molecule has 5 nitrogen and oxygen atoms in total. The molecule has 0 aromatic carbocycles. The standard InChI is InChI=1S/C18H30N4O/c1-15-6-7-16(22-13-15)20-10-5-11-21-17(23)12-18(14-19)8-3-2-4-9-18/h6-7,13H,2-5,8-12,14,19H2,1H3,(H,20,22)(H,21,23). The molecular weight excluding hydrogens is 288 g/mol. The first-order chi connectivity index (χ1) is 11.1. The van der Waals surface area contributed by atoms with E-state index in [0.717, 1.165) is 37.2 Å². The summed E-state index contributed by atoms with van der Waals surface area (Å²) in [6, 6.07) is 4.01. The van der Waals surface area contributed by atoms with Gasteiger partial charge in [0.1, 0.15) is 5.82 Å². The fourth-order valence-corrected chi connectivity index (χ4v) is 3.26. The van der Waals surface area contributed by atoms with Crippen molar-refractivity contribution >= 4 is 11.7 Å². The van der Waals surface area contributed by atoms with Gasteiger partial charge in [0.25, 0.3) is 0 Å². The van der Waals surface area contributed by atoms with Crippen LogP contribution < -0.4 is 16.4 Å². The Morgan fingerprint density at radius 1 is 1.26 bits per heavy atom. The summed E-state index contributed by atoms with van der Waals surface area (Å²) in [4.78, 5) is 16.4. The first-order valence-corrected chi connectivity index (χ1v) is 8.77. The fraction of sp³-hybridized carbons (Fsp3) is 0.667. The van der Waals surface area contributed by atoms with Gasteiger partial charge in [-0.3, -0.25) is 4.79 Å². The third kappa shape index (κ3) is 5.82. The van der Waals surface area contributed by atoms with Gasteiger partial charge in [-0.1, -0.05) is 25.3 Å². The summed E-state index contributed by atoms with van der Waals surface area (Å²) in [7, 11) is 0. The minimum atomic E-state index is 0.0480. The minimum absolute atomic E-state index is 0.0480. The lowest BCUT2D eigenvalue weighted by molar-refractivity contribution is -0.123. The zero-order chi connectivity index (χ0) is 16.5. The SMILES string of the molecule is Cc1ccc(NCCCNC(=O)CC2(CN)CCCCC2)nc1. The Labute approximate surface area is 139 Å². The van der Waals surface area contributed by atoms with Crippen LogP contribution in [0.4, 0.5) is 5.82 Å². The Bertz CT molecular complexity index is 480. The molecule has 1 aromatic rings. The predicted octanol–water partition coefficient (Wildman–Crippen LogP) is 2.61. The van der Waals surface area contributed by atoms with Crippen LogP contribution >= 0.6 is 0 Å². The highest BCUT2D eigenvalue weighted by Gasteiger charge is 2.32. The third-order valence-corrected chi connectivity index (χ3v) is 4.78. The molecule has 0 spiro atoms. The Kier molecular flexibility index (Phi) is 6.84. The van der Waals surface area contributed by atoms with Gasteiger partial charge in [-0.15, -0.1) is 0 Å². The van der Waals surface area contributed by atoms with Gasteiger partial charge in [-0.05, 0) is 49.8 Å². The van der Waals surface area contributed by atoms with Crippen LogP contribution in [0.25, 0.3) is 0 Å². The van der Waals surface area contributed by atoms with E-state index in [0.29, 0.717) is 19.5 Å². The van der Waals surface area contributed by atoms with E-state index in [1.54, 1.807) is 0 Å². The maximum absolute atomic E-state index is 12.1. The molecule has 0 bridgehead atoms. The van der Waals surface area contributed by atoms with E-state index >= 15 is 0 Å². The number of carbonyl (C=O) groups is 1. The van der Waals surface area contributed by atoms with Crippen LogP contribution in [-0.4, -0.2) is 30.5 Å². The lowest BCUT2D eigenvalue weighted by Crippen LogP contribution is -2.39. The van der Waals surface area contributed by atoms with Gasteiger partial charge in [0.05, 0.1) is 0 Å². The van der Waals surface area contributed by atoms with E-state index in [-0.39, 0.29) is 11.3 Å². The molecular formula is C18H30N4O. The molecule has 1 amide bonds. The van der Waals surface area contributed by atoms with E-state index < -0.39 is 0 Å². The average molecular weight is 318 g/mol. The highest BCUT2D eigenvalue weighted by Crippen LogP contribution is 2.38. The van der Waals surface area contributed by atoms with Crippen LogP contribution in [0.1, 0.15) is 50.5 Å². The van der Waals surface area contributed by atoms with Crippen LogP contribution in [0.15, 0.2) is 18.3 Å². The Morgan fingerprint density at radius 3 is 2.70 bits per heavy atom. The second kappa shape index (κ2) is 8.87. The molecule has 1 aliphatic carbocycles. The number of rotatable bonds is 8. The van der Waals surface area contributed by atoms with Gasteiger partial charge in [0.15, 0.2) is 0 Å². The zero-order valence-corrected chi connectivity index (χ0v) is 14.2. The van der Waals surface area contributed by atoms with E-state index in [1.807, 2.05) is 25.3 Å². The van der Waals surface area contributed by atoms with Crippen molar-refractivity contribution in [1.29, 1.82) is 0 Å². The normalized spacial score (nSPS) is 16.8. The Balaban J connectivity index is 1.61. The molecule has 1 saturated carbocycles. The molecule has 2 rings (SSSR count). The minimum Gasteiger partial charge on any atom is -0.370 e. The van der Waals surface area contributed by atoms with Gasteiger partial charge >= 0.3 is 0 Å². The number of amides is 1. The number of nitrogens with one attached hydrogen (secondary N) is 2. The van der Waals surface area contributed by atoms with Crippen molar-refractivity contribution in [3.8, 4) is 0 Å². The molecule has 5 heteroatoms. The number of anilines is 1. The lowest BCUT2D eigenvalue weighted by Gasteiger charge is -2.35. The second-order valence-electron chi connectivity index (χ2n) is 6.79. The van der Waals surface area contributed by atoms with Crippen molar-refractivity contribution in [2.45, 2.75) is 51.9 Å². The van der Waals surface area contributed by atoms with Crippen LogP contribution in [0.2, 0.25) is 0 Å². The van der Waals surface area contributed by atoms with Gasteiger partial charge in [0, 0.05) is 25.7 Å². The summed E-state index contributed by atoms with van der Waals surface area (Å²) in [5, 5.41) is 6.29. The van der Waals surface area contributed by atoms with Crippen molar-refractivity contribution in [3.63, 3.8) is 0 Å². The number of carbonyl (C=O) groups excluding carboxylic acids is 1. The summed E-state index contributed by atoms with van der Waals surface area (Å²) in [5.74, 6) is 1.03. The monoisotopic (exact) mass is 318 g/mol. The average Bonchev–Trinajstić information content (AvgIpc) is 2.57. The molecule has 1 aliphatic rings. The largest absolute Gasteiger partial charge is 0.370 e. The van der Waals surface area contributed by atoms with Crippen molar-refractivity contribution in [1.82, 2.24) is 10.3 Å². The van der Waals surface area contributed by atoms with Crippen molar-refractivity contribution in [2.24, 2.45) is 11.1 Å². The highest BCUT2D eigenvalue weighted by atomic mass is 16.1. The maximum Gasteiger partial charge on any atom is 0.220 e. The van der Waals surface area contributed by atoms with Crippen LogP contribution in [-0.2, 0) is 4.79 Å². The van der Waals surface area contributed by atoms with Crippen molar-refractivity contribution in [3.05, 3.63) is 23.9 Å². The van der Waals surface area contributed by atoms with Gasteiger partial charge < -0.3 is 16.4 Å². The first-order valence-electron chi connectivity index (χ1n) is 8.77. The molecule has 23 heavy (non-hydrogen) atoms. The molecule has 1 heterocycles. The van der Waals surface area contributed by atoms with Crippen molar-refractivity contribution in [2.75, 3.05) is 25.0 Å². The summed E-state index contributed by atoms with van der Waals surface area (Å²) in [5.41, 5.74) is 7.14. The molecule has 1 fully saturated rings. The van der Waals surface area contributed by atoms with Crippen LogP contribution in [0.3, 0.4) is 0 Å². The number of hydrogen-bond acceptors (Lipinski definition) is 4. The fourth-order valence-electron chi connectivity index (χ4n) is 3.26. The van der Waals surface area contributed by atoms with Gasteiger partial charge in [-0.25, -0.2) is 4.98 Å². The summed E-state index contributed by atoms with van der Waals surface area (Å²) >= 11 is 0.